The molecule has 1 amide bonds. The zero-order valence-corrected chi connectivity index (χ0v) is 17.6. The van der Waals surface area contributed by atoms with Crippen molar-refractivity contribution in [2.24, 2.45) is 4.99 Å². The number of aliphatic imine (C=N–C) groups is 1. The number of aromatic nitrogens is 2. The molecule has 3 aromatic rings. The molecule has 0 atom stereocenters. The molecule has 13 heteroatoms. The van der Waals surface area contributed by atoms with Crippen molar-refractivity contribution >= 4 is 40.2 Å². The lowest BCUT2D eigenvalue weighted by Crippen LogP contribution is -2.36. The first-order valence-electron chi connectivity index (χ1n) is 9.51. The van der Waals surface area contributed by atoms with Crippen molar-refractivity contribution in [3.63, 3.8) is 0 Å². The number of fused-ring (bicyclic) bond motifs is 1. The number of guanidine groups is 1. The number of anilines is 1. The van der Waals surface area contributed by atoms with Crippen LogP contribution >= 0.6 is 11.6 Å². The molecule has 0 spiro atoms. The van der Waals surface area contributed by atoms with E-state index in [1.807, 2.05) is 0 Å². The number of nitrogens with zero attached hydrogens (tertiary/aromatic N) is 2. The van der Waals surface area contributed by atoms with Crippen LogP contribution in [-0.2, 0) is 10.9 Å². The summed E-state index contributed by atoms with van der Waals surface area (Å²) in [6.45, 7) is 0.110. The molecule has 0 saturated carbocycles. The van der Waals surface area contributed by atoms with E-state index in [0.29, 0.717) is 5.39 Å². The molecule has 0 bridgehead atoms. The Morgan fingerprint density at radius 3 is 2.70 bits per heavy atom. The number of H-pyrrole nitrogens is 1. The summed E-state index contributed by atoms with van der Waals surface area (Å²) < 4.78 is 57.6. The lowest BCUT2D eigenvalue weighted by molar-refractivity contribution is -0.137. The number of hydrogen-bond donors (Lipinski definition) is 4. The third-order valence-electron chi connectivity index (χ3n) is 4.28. The SMILES string of the molecule is O=C(NC(=NCCOCCO)Nc1n[nH]c2cc(C(F)(F)F)ccc12)c1ccc(Cl)c(F)c1. The van der Waals surface area contributed by atoms with Crippen molar-refractivity contribution in [2.45, 2.75) is 6.18 Å². The molecule has 0 saturated heterocycles. The highest BCUT2D eigenvalue weighted by atomic mass is 35.5. The van der Waals surface area contributed by atoms with Gasteiger partial charge in [0.25, 0.3) is 5.91 Å². The molecule has 0 radical (unpaired) electrons. The number of nitrogens with one attached hydrogen (secondary N) is 3. The summed E-state index contributed by atoms with van der Waals surface area (Å²) in [5.41, 5.74) is -0.771. The van der Waals surface area contributed by atoms with Gasteiger partial charge in [-0.3, -0.25) is 20.2 Å². The van der Waals surface area contributed by atoms with Crippen LogP contribution in [0.1, 0.15) is 15.9 Å². The first-order valence-corrected chi connectivity index (χ1v) is 9.88. The summed E-state index contributed by atoms with van der Waals surface area (Å²) in [4.78, 5) is 16.7. The van der Waals surface area contributed by atoms with Crippen molar-refractivity contribution in [2.75, 3.05) is 31.7 Å². The Labute approximate surface area is 189 Å². The van der Waals surface area contributed by atoms with E-state index in [4.69, 9.17) is 21.4 Å². The van der Waals surface area contributed by atoms with Gasteiger partial charge in [0.2, 0.25) is 5.96 Å². The van der Waals surface area contributed by atoms with Gasteiger partial charge in [-0.25, -0.2) is 4.39 Å². The quantitative estimate of drug-likeness (QED) is 0.176. The van der Waals surface area contributed by atoms with Crippen molar-refractivity contribution in [3.05, 3.63) is 58.4 Å². The summed E-state index contributed by atoms with van der Waals surface area (Å²) >= 11 is 5.63. The number of hydrogen-bond acceptors (Lipinski definition) is 5. The molecule has 8 nitrogen and oxygen atoms in total. The lowest BCUT2D eigenvalue weighted by Gasteiger charge is -2.11. The fourth-order valence-electron chi connectivity index (χ4n) is 2.72. The molecule has 3 rings (SSSR count). The number of aliphatic hydroxyl groups is 1. The van der Waals surface area contributed by atoms with Crippen molar-refractivity contribution in [3.8, 4) is 0 Å². The normalized spacial score (nSPS) is 12.2. The van der Waals surface area contributed by atoms with Gasteiger partial charge < -0.3 is 15.2 Å². The average molecular weight is 488 g/mol. The van der Waals surface area contributed by atoms with Gasteiger partial charge in [-0.1, -0.05) is 11.6 Å². The molecule has 1 aromatic heterocycles. The maximum atomic E-state index is 13.7. The third kappa shape index (κ3) is 6.40. The first-order chi connectivity index (χ1) is 15.7. The Hall–Kier alpha value is -3.22. The minimum atomic E-state index is -4.52. The van der Waals surface area contributed by atoms with E-state index in [0.717, 1.165) is 18.2 Å². The van der Waals surface area contributed by atoms with E-state index in [-0.39, 0.29) is 54.2 Å². The summed E-state index contributed by atoms with van der Waals surface area (Å²) in [7, 11) is 0. The topological polar surface area (TPSA) is 112 Å². The molecule has 33 heavy (non-hydrogen) atoms. The molecule has 4 N–H and O–H groups in total. The second-order valence-electron chi connectivity index (χ2n) is 6.60. The molecular formula is C20H18ClF4N5O3. The summed E-state index contributed by atoms with van der Waals surface area (Å²) in [6.07, 6.45) is -4.52. The van der Waals surface area contributed by atoms with Gasteiger partial charge in [-0.2, -0.15) is 18.3 Å². The molecule has 0 aliphatic heterocycles. The predicted octanol–water partition coefficient (Wildman–Crippen LogP) is 3.58. The van der Waals surface area contributed by atoms with Crippen LogP contribution in [0.25, 0.3) is 10.9 Å². The van der Waals surface area contributed by atoms with Crippen LogP contribution in [0, 0.1) is 5.82 Å². The fraction of sp³-hybridized carbons (Fsp3) is 0.250. The van der Waals surface area contributed by atoms with Crippen LogP contribution in [0.2, 0.25) is 5.02 Å². The number of amides is 1. The number of ether oxygens (including phenoxy) is 1. The Bertz CT molecular complexity index is 1170. The van der Waals surface area contributed by atoms with Gasteiger partial charge in [-0.05, 0) is 36.4 Å². The van der Waals surface area contributed by atoms with E-state index in [1.54, 1.807) is 0 Å². The Kier molecular flexibility index (Phi) is 7.84. The first kappa shape index (κ1) is 24.4. The highest BCUT2D eigenvalue weighted by Gasteiger charge is 2.31. The van der Waals surface area contributed by atoms with E-state index >= 15 is 0 Å². The zero-order chi connectivity index (χ0) is 24.0. The third-order valence-corrected chi connectivity index (χ3v) is 4.59. The number of alkyl halides is 3. The van der Waals surface area contributed by atoms with Crippen LogP contribution in [0.3, 0.4) is 0 Å². The standard InChI is InChI=1S/C20H18ClF4N5O3/c21-14-4-1-11(9-15(14)22)18(32)28-19(26-5-7-33-8-6-31)27-17-13-3-2-12(20(23,24)25)10-16(13)29-30-17/h1-4,9-10,31H,5-8H2,(H3,26,27,28,29,30,32). The minimum Gasteiger partial charge on any atom is -0.394 e. The highest BCUT2D eigenvalue weighted by Crippen LogP contribution is 2.32. The average Bonchev–Trinajstić information content (AvgIpc) is 3.16. The second-order valence-corrected chi connectivity index (χ2v) is 7.01. The fourth-order valence-corrected chi connectivity index (χ4v) is 2.84. The second kappa shape index (κ2) is 10.6. The number of rotatable bonds is 7. The van der Waals surface area contributed by atoms with Gasteiger partial charge in [0, 0.05) is 10.9 Å². The molecule has 2 aromatic carbocycles. The van der Waals surface area contributed by atoms with E-state index < -0.39 is 23.5 Å². The molecule has 0 fully saturated rings. The van der Waals surface area contributed by atoms with E-state index in [1.165, 1.54) is 18.2 Å². The number of carbonyl (C=O) groups is 1. The Balaban J connectivity index is 1.82. The van der Waals surface area contributed by atoms with Gasteiger partial charge in [0.15, 0.2) is 5.82 Å². The predicted molar refractivity (Wildman–Crippen MR) is 114 cm³/mol. The Morgan fingerprint density at radius 2 is 2.00 bits per heavy atom. The molecule has 1 heterocycles. The maximum absolute atomic E-state index is 13.7. The van der Waals surface area contributed by atoms with Crippen molar-refractivity contribution in [1.29, 1.82) is 0 Å². The summed E-state index contributed by atoms with van der Waals surface area (Å²) in [5, 5.41) is 20.6. The summed E-state index contributed by atoms with van der Waals surface area (Å²) in [5.74, 6) is -1.49. The monoisotopic (exact) mass is 487 g/mol. The highest BCUT2D eigenvalue weighted by molar-refractivity contribution is 6.30. The van der Waals surface area contributed by atoms with Gasteiger partial charge >= 0.3 is 6.18 Å². The largest absolute Gasteiger partial charge is 0.416 e. The minimum absolute atomic E-state index is 0.0374. The smallest absolute Gasteiger partial charge is 0.394 e. The maximum Gasteiger partial charge on any atom is 0.416 e. The van der Waals surface area contributed by atoms with Crippen LogP contribution in [0.4, 0.5) is 23.4 Å². The lowest BCUT2D eigenvalue weighted by atomic mass is 10.1. The number of aliphatic hydroxyl groups excluding tert-OH is 1. The molecular weight excluding hydrogens is 470 g/mol. The van der Waals surface area contributed by atoms with E-state index in [2.05, 4.69) is 25.8 Å². The van der Waals surface area contributed by atoms with Crippen LogP contribution in [0.15, 0.2) is 41.4 Å². The van der Waals surface area contributed by atoms with Gasteiger partial charge in [0.1, 0.15) is 5.82 Å². The van der Waals surface area contributed by atoms with Crippen LogP contribution in [0.5, 0.6) is 0 Å². The van der Waals surface area contributed by atoms with E-state index in [9.17, 15) is 22.4 Å². The van der Waals surface area contributed by atoms with Gasteiger partial charge in [-0.15, -0.1) is 0 Å². The number of halogens is 5. The number of aromatic amines is 1. The summed E-state index contributed by atoms with van der Waals surface area (Å²) in [6, 6.07) is 6.51. The van der Waals surface area contributed by atoms with Crippen LogP contribution < -0.4 is 10.6 Å². The number of benzene rings is 2. The van der Waals surface area contributed by atoms with Crippen LogP contribution in [-0.4, -0.2) is 53.5 Å². The molecule has 0 aliphatic rings. The Morgan fingerprint density at radius 1 is 1.21 bits per heavy atom. The van der Waals surface area contributed by atoms with Crippen molar-refractivity contribution < 1.29 is 32.2 Å². The van der Waals surface area contributed by atoms with Crippen molar-refractivity contribution in [1.82, 2.24) is 15.5 Å². The molecule has 0 unspecified atom stereocenters. The molecule has 176 valence electrons. The molecule has 0 aliphatic carbocycles. The van der Waals surface area contributed by atoms with Gasteiger partial charge in [0.05, 0.1) is 42.5 Å². The number of carbonyl (C=O) groups excluding carboxylic acids is 1. The zero-order valence-electron chi connectivity index (χ0n) is 16.8.